The largest absolute Gasteiger partial charge is 0.430 e. The predicted molar refractivity (Wildman–Crippen MR) is 81.5 cm³/mol. The first-order valence-electron chi connectivity index (χ1n) is 6.66. The van der Waals surface area contributed by atoms with Crippen molar-refractivity contribution in [3.8, 4) is 11.5 Å². The van der Waals surface area contributed by atoms with Gasteiger partial charge in [0.1, 0.15) is 11.5 Å². The topological polar surface area (TPSA) is 35.5 Å². The highest BCUT2D eigenvalue weighted by Crippen LogP contribution is 2.49. The van der Waals surface area contributed by atoms with Crippen molar-refractivity contribution in [3.63, 3.8) is 0 Å². The maximum atomic E-state index is 12.9. The van der Waals surface area contributed by atoms with Crippen LogP contribution in [0.15, 0.2) is 60.7 Å². The van der Waals surface area contributed by atoms with E-state index in [-0.39, 0.29) is 5.92 Å². The SMILES string of the molecule is CC(C)CP(=O)(Oc1ccccc1)Oc1ccccc1. The van der Waals surface area contributed by atoms with E-state index in [1.54, 1.807) is 24.3 Å². The first-order valence-corrected chi connectivity index (χ1v) is 8.38. The molecule has 20 heavy (non-hydrogen) atoms. The molecule has 3 nitrogen and oxygen atoms in total. The summed E-state index contributed by atoms with van der Waals surface area (Å²) in [6.45, 7) is 3.99. The highest BCUT2D eigenvalue weighted by molar-refractivity contribution is 7.54. The number of hydrogen-bond donors (Lipinski definition) is 0. The van der Waals surface area contributed by atoms with Gasteiger partial charge in [-0.2, -0.15) is 0 Å². The molecule has 0 fully saturated rings. The summed E-state index contributed by atoms with van der Waals surface area (Å²) in [6.07, 6.45) is 0.372. The molecule has 0 N–H and O–H groups in total. The Morgan fingerprint density at radius 2 is 1.25 bits per heavy atom. The summed E-state index contributed by atoms with van der Waals surface area (Å²) in [5.41, 5.74) is 0. The Morgan fingerprint density at radius 3 is 1.60 bits per heavy atom. The van der Waals surface area contributed by atoms with E-state index in [2.05, 4.69) is 0 Å². The molecule has 0 amide bonds. The van der Waals surface area contributed by atoms with Crippen molar-refractivity contribution in [2.24, 2.45) is 5.92 Å². The van der Waals surface area contributed by atoms with E-state index in [9.17, 15) is 4.57 Å². The first kappa shape index (κ1) is 14.7. The third kappa shape index (κ3) is 4.43. The first-order chi connectivity index (χ1) is 9.57. The molecule has 2 rings (SSSR count). The highest BCUT2D eigenvalue weighted by Gasteiger charge is 2.29. The van der Waals surface area contributed by atoms with Gasteiger partial charge in [0.25, 0.3) is 0 Å². The molecule has 0 radical (unpaired) electrons. The van der Waals surface area contributed by atoms with E-state index in [0.717, 1.165) is 0 Å². The van der Waals surface area contributed by atoms with Crippen LogP contribution >= 0.6 is 7.60 Å². The lowest BCUT2D eigenvalue weighted by molar-refractivity contribution is 0.379. The quantitative estimate of drug-likeness (QED) is 0.703. The lowest BCUT2D eigenvalue weighted by Crippen LogP contribution is -2.09. The Labute approximate surface area is 120 Å². The molecule has 0 saturated carbocycles. The monoisotopic (exact) mass is 290 g/mol. The van der Waals surface area contributed by atoms with E-state index < -0.39 is 7.60 Å². The minimum absolute atomic E-state index is 0.216. The summed E-state index contributed by atoms with van der Waals surface area (Å²) in [5.74, 6) is 1.34. The number of benzene rings is 2. The zero-order chi connectivity index (χ0) is 14.4. The van der Waals surface area contributed by atoms with Gasteiger partial charge >= 0.3 is 7.60 Å². The van der Waals surface area contributed by atoms with Crippen LogP contribution in [0.4, 0.5) is 0 Å². The third-order valence-corrected chi connectivity index (χ3v) is 4.72. The molecule has 4 heteroatoms. The Hall–Kier alpha value is -1.73. The van der Waals surface area contributed by atoms with Crippen molar-refractivity contribution >= 4 is 7.60 Å². The van der Waals surface area contributed by atoms with E-state index in [4.69, 9.17) is 9.05 Å². The summed E-state index contributed by atoms with van der Waals surface area (Å²) in [7, 11) is -3.22. The Balaban J connectivity index is 2.19. The van der Waals surface area contributed by atoms with Crippen LogP contribution in [-0.4, -0.2) is 6.16 Å². The van der Waals surface area contributed by atoms with Gasteiger partial charge in [-0.15, -0.1) is 0 Å². The van der Waals surface area contributed by atoms with Crippen LogP contribution in [0.3, 0.4) is 0 Å². The predicted octanol–water partition coefficient (Wildman–Crippen LogP) is 4.99. The molecule has 0 aromatic heterocycles. The average Bonchev–Trinajstić information content (AvgIpc) is 2.39. The lowest BCUT2D eigenvalue weighted by Gasteiger charge is -2.21. The van der Waals surface area contributed by atoms with E-state index in [0.29, 0.717) is 17.7 Å². The van der Waals surface area contributed by atoms with Crippen LogP contribution in [0.1, 0.15) is 13.8 Å². The second-order valence-corrected chi connectivity index (χ2v) is 6.95. The van der Waals surface area contributed by atoms with Crippen LogP contribution in [0, 0.1) is 5.92 Å². The molecule has 0 unspecified atom stereocenters. The molecule has 2 aromatic rings. The van der Waals surface area contributed by atoms with Crippen molar-refractivity contribution in [2.45, 2.75) is 13.8 Å². The minimum Gasteiger partial charge on any atom is -0.416 e. The maximum Gasteiger partial charge on any atom is 0.430 e. The standard InChI is InChI=1S/C16H19O3P/c1-14(2)13-20(17,18-15-9-5-3-6-10-15)19-16-11-7-4-8-12-16/h3-12,14H,13H2,1-2H3. The van der Waals surface area contributed by atoms with Gasteiger partial charge in [0.05, 0.1) is 6.16 Å². The van der Waals surface area contributed by atoms with Gasteiger partial charge in [-0.3, -0.25) is 0 Å². The zero-order valence-corrected chi connectivity index (χ0v) is 12.6. The van der Waals surface area contributed by atoms with E-state index >= 15 is 0 Å². The van der Waals surface area contributed by atoms with Gasteiger partial charge in [0.2, 0.25) is 0 Å². The van der Waals surface area contributed by atoms with Crippen molar-refractivity contribution < 1.29 is 13.6 Å². The van der Waals surface area contributed by atoms with Gasteiger partial charge in [0, 0.05) is 0 Å². The summed E-state index contributed by atoms with van der Waals surface area (Å²) in [6, 6.07) is 18.3. The van der Waals surface area contributed by atoms with Crippen LogP contribution in [0.2, 0.25) is 0 Å². The minimum atomic E-state index is -3.22. The summed E-state index contributed by atoms with van der Waals surface area (Å²) >= 11 is 0. The number of para-hydroxylation sites is 2. The smallest absolute Gasteiger partial charge is 0.416 e. The van der Waals surface area contributed by atoms with Gasteiger partial charge in [-0.25, -0.2) is 4.57 Å². The number of rotatable bonds is 6. The fourth-order valence-electron chi connectivity index (χ4n) is 1.82. The molecule has 0 aliphatic heterocycles. The summed E-state index contributed by atoms with van der Waals surface area (Å²) in [4.78, 5) is 0. The molecule has 106 valence electrons. The maximum absolute atomic E-state index is 12.9. The second kappa shape index (κ2) is 6.62. The van der Waals surface area contributed by atoms with Crippen LogP contribution in [0.25, 0.3) is 0 Å². The van der Waals surface area contributed by atoms with Crippen molar-refractivity contribution in [1.29, 1.82) is 0 Å². The summed E-state index contributed by atoms with van der Waals surface area (Å²) < 4.78 is 24.2. The Morgan fingerprint density at radius 1 is 0.850 bits per heavy atom. The van der Waals surface area contributed by atoms with Crippen molar-refractivity contribution in [1.82, 2.24) is 0 Å². The average molecular weight is 290 g/mol. The lowest BCUT2D eigenvalue weighted by atomic mass is 10.3. The Kier molecular flexibility index (Phi) is 4.86. The van der Waals surface area contributed by atoms with Crippen LogP contribution in [0.5, 0.6) is 11.5 Å². The van der Waals surface area contributed by atoms with Gasteiger partial charge in [0.15, 0.2) is 0 Å². The van der Waals surface area contributed by atoms with Gasteiger partial charge < -0.3 is 9.05 Å². The van der Waals surface area contributed by atoms with Gasteiger partial charge in [-0.1, -0.05) is 50.2 Å². The van der Waals surface area contributed by atoms with Crippen molar-refractivity contribution in [3.05, 3.63) is 60.7 Å². The summed E-state index contributed by atoms with van der Waals surface area (Å²) in [5, 5.41) is 0. The molecule has 0 heterocycles. The molecule has 2 aromatic carbocycles. The van der Waals surface area contributed by atoms with Crippen LogP contribution in [-0.2, 0) is 4.57 Å². The molecule has 0 saturated heterocycles. The molecule has 0 spiro atoms. The molecular formula is C16H19O3P. The molecule has 0 bridgehead atoms. The molecule has 0 aliphatic carbocycles. The zero-order valence-electron chi connectivity index (χ0n) is 11.7. The normalized spacial score (nSPS) is 11.3. The third-order valence-electron chi connectivity index (χ3n) is 2.56. The fourth-order valence-corrected chi connectivity index (χ4v) is 3.79. The van der Waals surface area contributed by atoms with Gasteiger partial charge in [-0.05, 0) is 30.2 Å². The Bertz CT molecular complexity index is 521. The number of hydrogen-bond acceptors (Lipinski definition) is 3. The highest BCUT2D eigenvalue weighted by atomic mass is 31.2. The van der Waals surface area contributed by atoms with Crippen molar-refractivity contribution in [2.75, 3.05) is 6.16 Å². The van der Waals surface area contributed by atoms with Crippen LogP contribution < -0.4 is 9.05 Å². The molecule has 0 aliphatic rings. The second-order valence-electron chi connectivity index (χ2n) is 5.00. The molecule has 0 atom stereocenters. The van der Waals surface area contributed by atoms with E-state index in [1.165, 1.54) is 0 Å². The molecular weight excluding hydrogens is 271 g/mol. The van der Waals surface area contributed by atoms with E-state index in [1.807, 2.05) is 50.2 Å². The fraction of sp³-hybridized carbons (Fsp3) is 0.250.